The Hall–Kier alpha value is -1.61. The van der Waals surface area contributed by atoms with Gasteiger partial charge in [-0.1, -0.05) is 45.5 Å². The van der Waals surface area contributed by atoms with Gasteiger partial charge in [0.1, 0.15) is 0 Å². The lowest BCUT2D eigenvalue weighted by Crippen LogP contribution is -2.37. The Bertz CT molecular complexity index is 432. The van der Waals surface area contributed by atoms with Crippen molar-refractivity contribution in [2.75, 3.05) is 11.9 Å². The van der Waals surface area contributed by atoms with E-state index in [0.29, 0.717) is 0 Å². The second-order valence-electron chi connectivity index (χ2n) is 5.49. The first kappa shape index (κ1) is 14.5. The number of para-hydroxylation sites is 1. The Labute approximate surface area is 109 Å². The molecule has 98 valence electrons. The first-order chi connectivity index (χ1) is 8.25. The molecule has 3 nitrogen and oxygen atoms in total. The molecule has 0 bridgehead atoms. The van der Waals surface area contributed by atoms with Crippen LogP contribution in [0, 0.1) is 5.41 Å². The van der Waals surface area contributed by atoms with Crippen molar-refractivity contribution in [2.24, 2.45) is 5.41 Å². The molecule has 0 spiro atoms. The van der Waals surface area contributed by atoms with Crippen molar-refractivity contribution >= 4 is 11.6 Å². The summed E-state index contributed by atoms with van der Waals surface area (Å²) in [6.45, 7) is 9.35. The average Bonchev–Trinajstić information content (AvgIpc) is 2.35. The molecule has 0 aliphatic carbocycles. The average molecular weight is 247 g/mol. The van der Waals surface area contributed by atoms with Gasteiger partial charge >= 0.3 is 0 Å². The van der Waals surface area contributed by atoms with E-state index >= 15 is 0 Å². The van der Waals surface area contributed by atoms with Gasteiger partial charge < -0.3 is 10.0 Å². The summed E-state index contributed by atoms with van der Waals surface area (Å²) in [5.74, 6) is -0.261. The van der Waals surface area contributed by atoms with Gasteiger partial charge in [-0.3, -0.25) is 4.79 Å². The molecule has 0 saturated carbocycles. The van der Waals surface area contributed by atoms with E-state index < -0.39 is 11.5 Å². The fourth-order valence-corrected chi connectivity index (χ4v) is 1.62. The highest BCUT2D eigenvalue weighted by Crippen LogP contribution is 2.26. The third kappa shape index (κ3) is 3.20. The van der Waals surface area contributed by atoms with Crippen LogP contribution in [0.4, 0.5) is 5.69 Å². The number of benzene rings is 1. The minimum Gasteiger partial charge on any atom is -0.388 e. The van der Waals surface area contributed by atoms with E-state index in [-0.39, 0.29) is 11.5 Å². The van der Waals surface area contributed by atoms with Crippen LogP contribution in [0.25, 0.3) is 0 Å². The van der Waals surface area contributed by atoms with Crippen molar-refractivity contribution in [3.05, 3.63) is 42.5 Å². The summed E-state index contributed by atoms with van der Waals surface area (Å²) in [4.78, 5) is 13.7. The number of carbonyl (C=O) groups excluding carboxylic acids is 1. The number of hydrogen-bond acceptors (Lipinski definition) is 2. The normalized spacial score (nSPS) is 12.9. The van der Waals surface area contributed by atoms with Gasteiger partial charge in [-0.2, -0.15) is 0 Å². The second-order valence-corrected chi connectivity index (χ2v) is 5.49. The zero-order valence-electron chi connectivity index (χ0n) is 11.5. The molecule has 0 radical (unpaired) electrons. The molecule has 1 rings (SSSR count). The van der Waals surface area contributed by atoms with Crippen LogP contribution >= 0.6 is 0 Å². The zero-order chi connectivity index (χ0) is 13.9. The Morgan fingerprint density at radius 1 is 1.28 bits per heavy atom. The van der Waals surface area contributed by atoms with Gasteiger partial charge in [-0.25, -0.2) is 0 Å². The van der Waals surface area contributed by atoms with Crippen LogP contribution in [-0.2, 0) is 4.79 Å². The molecule has 1 unspecified atom stereocenters. The maximum atomic E-state index is 12.2. The van der Waals surface area contributed by atoms with Gasteiger partial charge in [-0.15, -0.1) is 0 Å². The molecule has 0 aromatic heterocycles. The van der Waals surface area contributed by atoms with Gasteiger partial charge in [0.25, 0.3) is 5.91 Å². The minimum atomic E-state index is -0.851. The molecule has 1 N–H and O–H groups in total. The lowest BCUT2D eigenvalue weighted by atomic mass is 9.84. The molecule has 3 heteroatoms. The predicted molar refractivity (Wildman–Crippen MR) is 74.5 cm³/mol. The van der Waals surface area contributed by atoms with Crippen molar-refractivity contribution in [1.29, 1.82) is 0 Å². The largest absolute Gasteiger partial charge is 0.388 e. The standard InChI is InChI=1S/C15H21NO2/c1-11(13(17)15(2,3)4)14(18)16(5)12-9-7-6-8-10-12/h6-10,13,17H,1H2,2-5H3. The maximum absolute atomic E-state index is 12.2. The number of carbonyl (C=O) groups is 1. The second kappa shape index (κ2) is 5.36. The molecular formula is C15H21NO2. The topological polar surface area (TPSA) is 40.5 Å². The van der Waals surface area contributed by atoms with Crippen LogP contribution in [0.2, 0.25) is 0 Å². The van der Waals surface area contributed by atoms with E-state index in [1.165, 1.54) is 4.90 Å². The first-order valence-electron chi connectivity index (χ1n) is 5.95. The summed E-state index contributed by atoms with van der Waals surface area (Å²) in [6.07, 6.45) is -0.851. The summed E-state index contributed by atoms with van der Waals surface area (Å²) < 4.78 is 0. The third-order valence-electron chi connectivity index (χ3n) is 2.87. The van der Waals surface area contributed by atoms with Crippen molar-refractivity contribution in [1.82, 2.24) is 0 Å². The highest BCUT2D eigenvalue weighted by Gasteiger charge is 2.30. The van der Waals surface area contributed by atoms with Crippen molar-refractivity contribution < 1.29 is 9.90 Å². The molecule has 1 amide bonds. The predicted octanol–water partition coefficient (Wildman–Crippen LogP) is 2.61. The molecule has 0 fully saturated rings. The van der Waals surface area contributed by atoms with Crippen molar-refractivity contribution in [3.8, 4) is 0 Å². The molecular weight excluding hydrogens is 226 g/mol. The minimum absolute atomic E-state index is 0.217. The van der Waals surface area contributed by atoms with Gasteiger partial charge in [-0.05, 0) is 17.5 Å². The molecule has 18 heavy (non-hydrogen) atoms. The van der Waals surface area contributed by atoms with Gasteiger partial charge in [0.15, 0.2) is 0 Å². The van der Waals surface area contributed by atoms with Crippen molar-refractivity contribution in [3.63, 3.8) is 0 Å². The number of amides is 1. The zero-order valence-corrected chi connectivity index (χ0v) is 11.5. The van der Waals surface area contributed by atoms with Gasteiger partial charge in [0.2, 0.25) is 0 Å². The number of aliphatic hydroxyl groups excluding tert-OH is 1. The molecule has 0 aliphatic rings. The lowest BCUT2D eigenvalue weighted by Gasteiger charge is -2.29. The Morgan fingerprint density at radius 3 is 2.22 bits per heavy atom. The Kier molecular flexibility index (Phi) is 4.30. The van der Waals surface area contributed by atoms with Crippen LogP contribution in [0.1, 0.15) is 20.8 Å². The number of anilines is 1. The third-order valence-corrected chi connectivity index (χ3v) is 2.87. The fourth-order valence-electron chi connectivity index (χ4n) is 1.62. The van der Waals surface area contributed by atoms with Crippen LogP contribution in [0.3, 0.4) is 0 Å². The van der Waals surface area contributed by atoms with E-state index in [1.807, 2.05) is 51.1 Å². The smallest absolute Gasteiger partial charge is 0.255 e. The van der Waals surface area contributed by atoms with Gasteiger partial charge in [0, 0.05) is 18.3 Å². The lowest BCUT2D eigenvalue weighted by molar-refractivity contribution is -0.116. The monoisotopic (exact) mass is 247 g/mol. The summed E-state index contributed by atoms with van der Waals surface area (Å²) in [7, 11) is 1.68. The van der Waals surface area contributed by atoms with Crippen LogP contribution in [0.5, 0.6) is 0 Å². The van der Waals surface area contributed by atoms with E-state index in [1.54, 1.807) is 7.05 Å². The summed E-state index contributed by atoms with van der Waals surface area (Å²) in [5, 5.41) is 10.1. The molecule has 0 saturated heterocycles. The first-order valence-corrected chi connectivity index (χ1v) is 5.95. The summed E-state index contributed by atoms with van der Waals surface area (Å²) in [6, 6.07) is 9.30. The maximum Gasteiger partial charge on any atom is 0.255 e. The van der Waals surface area contributed by atoms with E-state index in [2.05, 4.69) is 6.58 Å². The van der Waals surface area contributed by atoms with Crippen LogP contribution < -0.4 is 4.90 Å². The van der Waals surface area contributed by atoms with Crippen LogP contribution in [0.15, 0.2) is 42.5 Å². The summed E-state index contributed by atoms with van der Waals surface area (Å²) in [5.41, 5.74) is 0.600. The SMILES string of the molecule is C=C(C(=O)N(C)c1ccccc1)C(O)C(C)(C)C. The molecule has 0 heterocycles. The summed E-state index contributed by atoms with van der Waals surface area (Å²) >= 11 is 0. The molecule has 1 aromatic rings. The van der Waals surface area contributed by atoms with E-state index in [4.69, 9.17) is 0 Å². The number of hydrogen-bond donors (Lipinski definition) is 1. The Morgan fingerprint density at radius 2 is 1.78 bits per heavy atom. The molecule has 1 atom stereocenters. The highest BCUT2D eigenvalue weighted by atomic mass is 16.3. The van der Waals surface area contributed by atoms with E-state index in [9.17, 15) is 9.90 Å². The fraction of sp³-hybridized carbons (Fsp3) is 0.400. The van der Waals surface area contributed by atoms with Crippen molar-refractivity contribution in [2.45, 2.75) is 26.9 Å². The van der Waals surface area contributed by atoms with E-state index in [0.717, 1.165) is 5.69 Å². The molecule has 0 aliphatic heterocycles. The van der Waals surface area contributed by atoms with Crippen LogP contribution in [-0.4, -0.2) is 24.2 Å². The number of rotatable bonds is 3. The number of likely N-dealkylation sites (N-methyl/N-ethyl adjacent to an activating group) is 1. The Balaban J connectivity index is 2.86. The van der Waals surface area contributed by atoms with Gasteiger partial charge in [0.05, 0.1) is 6.10 Å². The quantitative estimate of drug-likeness (QED) is 0.834. The number of aliphatic hydroxyl groups is 1. The molecule has 1 aromatic carbocycles. The highest BCUT2D eigenvalue weighted by molar-refractivity contribution is 6.05. The number of nitrogens with zero attached hydrogens (tertiary/aromatic N) is 1.